The molecule has 0 aliphatic heterocycles. The van der Waals surface area contributed by atoms with Gasteiger partial charge in [0.1, 0.15) is 5.52 Å². The van der Waals surface area contributed by atoms with Gasteiger partial charge in [-0.05, 0) is 29.8 Å². The number of benzene rings is 1. The lowest BCUT2D eigenvalue weighted by atomic mass is 10.00. The van der Waals surface area contributed by atoms with Gasteiger partial charge in [-0.25, -0.2) is 14.2 Å². The highest BCUT2D eigenvalue weighted by Gasteiger charge is 2.14. The third-order valence-electron chi connectivity index (χ3n) is 3.37. The van der Waals surface area contributed by atoms with Gasteiger partial charge in [0.2, 0.25) is 0 Å². The molecule has 5 nitrogen and oxygen atoms in total. The second-order valence-electron chi connectivity index (χ2n) is 4.78. The second kappa shape index (κ2) is 5.40. The first-order chi connectivity index (χ1) is 10.6. The van der Waals surface area contributed by atoms with Crippen LogP contribution in [0.3, 0.4) is 0 Å². The molecule has 0 aliphatic carbocycles. The Labute approximate surface area is 125 Å². The normalized spacial score (nSPS) is 11.4. The van der Waals surface area contributed by atoms with Gasteiger partial charge in [0.05, 0.1) is 11.8 Å². The number of hydrogen-bond acceptors (Lipinski definition) is 3. The lowest BCUT2D eigenvalue weighted by Gasteiger charge is -2.08. The van der Waals surface area contributed by atoms with Crippen molar-refractivity contribution >= 4 is 23.1 Å². The topological polar surface area (TPSA) is 68.0 Å². The Bertz CT molecular complexity index is 900. The number of imidazole rings is 1. The maximum absolute atomic E-state index is 14.8. The number of aliphatic carboxylic acids is 1. The van der Waals surface area contributed by atoms with Crippen molar-refractivity contribution in [2.75, 3.05) is 0 Å². The third-order valence-corrected chi connectivity index (χ3v) is 3.37. The number of halogens is 1. The molecule has 0 unspecified atom stereocenters. The van der Waals surface area contributed by atoms with Crippen molar-refractivity contribution in [1.82, 2.24) is 14.5 Å². The lowest BCUT2D eigenvalue weighted by molar-refractivity contribution is -0.131. The van der Waals surface area contributed by atoms with Crippen LogP contribution in [-0.4, -0.2) is 25.6 Å². The summed E-state index contributed by atoms with van der Waals surface area (Å²) in [5, 5.41) is 8.75. The van der Waals surface area contributed by atoms with Gasteiger partial charge in [-0.3, -0.25) is 4.98 Å². The smallest absolute Gasteiger partial charge is 0.328 e. The van der Waals surface area contributed by atoms with E-state index in [2.05, 4.69) is 9.97 Å². The Morgan fingerprint density at radius 3 is 2.91 bits per heavy atom. The van der Waals surface area contributed by atoms with Crippen molar-refractivity contribution in [3.8, 4) is 11.1 Å². The van der Waals surface area contributed by atoms with Crippen molar-refractivity contribution in [3.63, 3.8) is 0 Å². The molecule has 1 N–H and O–H groups in total. The molecule has 3 rings (SSSR count). The number of fused-ring (bicyclic) bond motifs is 1. The van der Waals surface area contributed by atoms with Crippen LogP contribution in [0.1, 0.15) is 5.56 Å². The predicted molar refractivity (Wildman–Crippen MR) is 80.6 cm³/mol. The minimum Gasteiger partial charge on any atom is -0.478 e. The largest absolute Gasteiger partial charge is 0.478 e. The van der Waals surface area contributed by atoms with Crippen LogP contribution >= 0.6 is 0 Å². The highest BCUT2D eigenvalue weighted by atomic mass is 19.1. The molecule has 0 bridgehead atoms. The van der Waals surface area contributed by atoms with Gasteiger partial charge in [-0.2, -0.15) is 0 Å². The van der Waals surface area contributed by atoms with Gasteiger partial charge in [-0.15, -0.1) is 0 Å². The van der Waals surface area contributed by atoms with E-state index in [9.17, 15) is 9.18 Å². The molecule has 0 atom stereocenters. The van der Waals surface area contributed by atoms with Crippen LogP contribution in [0.5, 0.6) is 0 Å². The summed E-state index contributed by atoms with van der Waals surface area (Å²) in [5.41, 5.74) is 2.46. The van der Waals surface area contributed by atoms with Crippen LogP contribution in [0.25, 0.3) is 28.2 Å². The van der Waals surface area contributed by atoms with Gasteiger partial charge in [0.25, 0.3) is 0 Å². The number of carboxylic acids is 1. The molecular weight excluding hydrogens is 285 g/mol. The Hall–Kier alpha value is -3.02. The molecule has 0 saturated carbocycles. The summed E-state index contributed by atoms with van der Waals surface area (Å²) in [7, 11) is 1.72. The summed E-state index contributed by atoms with van der Waals surface area (Å²) in [6, 6.07) is 5.03. The zero-order valence-electron chi connectivity index (χ0n) is 11.7. The van der Waals surface area contributed by atoms with E-state index >= 15 is 0 Å². The molecule has 0 saturated heterocycles. The molecule has 110 valence electrons. The minimum atomic E-state index is -1.07. The summed E-state index contributed by atoms with van der Waals surface area (Å²) in [5.74, 6) is -1.47. The van der Waals surface area contributed by atoms with E-state index in [4.69, 9.17) is 5.11 Å². The SMILES string of the molecule is Cn1cnc2ccc(-c3ccncc3/C=C/C(=O)O)c(F)c21. The zero-order chi connectivity index (χ0) is 15.7. The highest BCUT2D eigenvalue weighted by Crippen LogP contribution is 2.30. The van der Waals surface area contributed by atoms with Crippen LogP contribution in [0, 0.1) is 5.82 Å². The van der Waals surface area contributed by atoms with E-state index in [0.717, 1.165) is 6.08 Å². The molecule has 0 spiro atoms. The van der Waals surface area contributed by atoms with Crippen molar-refractivity contribution < 1.29 is 14.3 Å². The van der Waals surface area contributed by atoms with Crippen LogP contribution in [-0.2, 0) is 11.8 Å². The van der Waals surface area contributed by atoms with E-state index in [1.165, 1.54) is 12.3 Å². The van der Waals surface area contributed by atoms with E-state index in [0.29, 0.717) is 27.7 Å². The number of aryl methyl sites for hydroxylation is 1. The summed E-state index contributed by atoms with van der Waals surface area (Å²) in [6.07, 6.45) is 7.00. The van der Waals surface area contributed by atoms with Gasteiger partial charge in [0.15, 0.2) is 5.82 Å². The molecule has 22 heavy (non-hydrogen) atoms. The summed E-state index contributed by atoms with van der Waals surface area (Å²) >= 11 is 0. The van der Waals surface area contributed by atoms with Gasteiger partial charge >= 0.3 is 5.97 Å². The number of pyridine rings is 1. The standard InChI is InChI=1S/C16H12FN3O2/c1-20-9-19-13-4-3-12(15(17)16(13)20)11-6-7-18-8-10(11)2-5-14(21)22/h2-9H,1H3,(H,21,22)/b5-2+. The summed E-state index contributed by atoms with van der Waals surface area (Å²) < 4.78 is 16.4. The van der Waals surface area contributed by atoms with E-state index in [1.807, 2.05) is 0 Å². The first-order valence-electron chi connectivity index (χ1n) is 6.53. The number of carbonyl (C=O) groups is 1. The average molecular weight is 297 g/mol. The molecule has 2 aromatic heterocycles. The Kier molecular flexibility index (Phi) is 3.42. The number of rotatable bonds is 3. The molecule has 0 radical (unpaired) electrons. The Morgan fingerprint density at radius 2 is 2.14 bits per heavy atom. The van der Waals surface area contributed by atoms with Crippen LogP contribution in [0.15, 0.2) is 43.0 Å². The molecule has 2 heterocycles. The third kappa shape index (κ3) is 2.35. The quantitative estimate of drug-likeness (QED) is 0.755. The Balaban J connectivity index is 2.22. The number of aromatic nitrogens is 3. The summed E-state index contributed by atoms with van der Waals surface area (Å²) in [4.78, 5) is 18.8. The van der Waals surface area contributed by atoms with Crippen LogP contribution in [0.4, 0.5) is 4.39 Å². The molecule has 1 aromatic carbocycles. The van der Waals surface area contributed by atoms with E-state index in [-0.39, 0.29) is 0 Å². The molecular formula is C16H12FN3O2. The number of carboxylic acid groups (broad SMARTS) is 1. The first kappa shape index (κ1) is 13.9. The van der Waals surface area contributed by atoms with Crippen molar-refractivity contribution in [1.29, 1.82) is 0 Å². The number of nitrogens with zero attached hydrogens (tertiary/aromatic N) is 3. The van der Waals surface area contributed by atoms with Crippen molar-refractivity contribution in [2.45, 2.75) is 0 Å². The molecule has 0 fully saturated rings. The van der Waals surface area contributed by atoms with Gasteiger partial charge in [0, 0.05) is 36.6 Å². The number of hydrogen-bond donors (Lipinski definition) is 1. The van der Waals surface area contributed by atoms with Crippen molar-refractivity contribution in [2.24, 2.45) is 7.05 Å². The Morgan fingerprint density at radius 1 is 1.32 bits per heavy atom. The molecule has 3 aromatic rings. The maximum Gasteiger partial charge on any atom is 0.328 e. The van der Waals surface area contributed by atoms with Crippen LogP contribution in [0.2, 0.25) is 0 Å². The summed E-state index contributed by atoms with van der Waals surface area (Å²) in [6.45, 7) is 0. The fraction of sp³-hybridized carbons (Fsp3) is 0.0625. The van der Waals surface area contributed by atoms with Gasteiger partial charge in [-0.1, -0.05) is 0 Å². The van der Waals surface area contributed by atoms with Crippen LogP contribution < -0.4 is 0 Å². The zero-order valence-corrected chi connectivity index (χ0v) is 11.7. The molecule has 0 amide bonds. The monoisotopic (exact) mass is 297 g/mol. The highest BCUT2D eigenvalue weighted by molar-refractivity contribution is 5.89. The average Bonchev–Trinajstić information content (AvgIpc) is 2.88. The minimum absolute atomic E-state index is 0.378. The molecule has 0 aliphatic rings. The first-order valence-corrected chi connectivity index (χ1v) is 6.53. The fourth-order valence-corrected chi connectivity index (χ4v) is 2.35. The molecule has 6 heteroatoms. The lowest BCUT2D eigenvalue weighted by Crippen LogP contribution is -1.94. The fourth-order valence-electron chi connectivity index (χ4n) is 2.35. The second-order valence-corrected chi connectivity index (χ2v) is 4.78. The predicted octanol–water partition coefficient (Wildman–Crippen LogP) is 2.87. The van der Waals surface area contributed by atoms with Gasteiger partial charge < -0.3 is 9.67 Å². The van der Waals surface area contributed by atoms with Crippen molar-refractivity contribution in [3.05, 3.63) is 54.4 Å². The maximum atomic E-state index is 14.8. The van der Waals surface area contributed by atoms with E-state index < -0.39 is 11.8 Å². The van der Waals surface area contributed by atoms with E-state index in [1.54, 1.807) is 42.3 Å².